The van der Waals surface area contributed by atoms with Crippen molar-refractivity contribution in [3.8, 4) is 0 Å². The van der Waals surface area contributed by atoms with Gasteiger partial charge in [-0.3, -0.25) is 4.79 Å². The third-order valence-corrected chi connectivity index (χ3v) is 5.60. The summed E-state index contributed by atoms with van der Waals surface area (Å²) in [7, 11) is 0. The van der Waals surface area contributed by atoms with Gasteiger partial charge in [0.15, 0.2) is 5.82 Å². The molecule has 146 valence electrons. The molecule has 0 spiro atoms. The summed E-state index contributed by atoms with van der Waals surface area (Å²) in [5.41, 5.74) is 2.92. The number of carbonyl (C=O) groups is 1. The van der Waals surface area contributed by atoms with Crippen molar-refractivity contribution in [2.24, 2.45) is 0 Å². The van der Waals surface area contributed by atoms with Gasteiger partial charge in [0.05, 0.1) is 11.3 Å². The van der Waals surface area contributed by atoms with Crippen LogP contribution >= 0.6 is 11.8 Å². The smallest absolute Gasteiger partial charge is 0.252 e. The van der Waals surface area contributed by atoms with Gasteiger partial charge in [0.2, 0.25) is 5.89 Å². The first-order chi connectivity index (χ1) is 13.3. The molecule has 0 aliphatic carbocycles. The Kier molecular flexibility index (Phi) is 6.19. The Morgan fingerprint density at radius 1 is 1.14 bits per heavy atom. The maximum absolute atomic E-state index is 12.9. The number of amides is 1. The molecule has 3 aromatic rings. The molecule has 1 aromatic heterocycles. The van der Waals surface area contributed by atoms with Gasteiger partial charge in [-0.15, -0.1) is 11.8 Å². The van der Waals surface area contributed by atoms with Crippen LogP contribution in [0.4, 0.5) is 0 Å². The van der Waals surface area contributed by atoms with Crippen LogP contribution < -0.4 is 5.32 Å². The molecule has 0 unspecified atom stereocenters. The number of aromatic nitrogens is 2. The summed E-state index contributed by atoms with van der Waals surface area (Å²) < 4.78 is 5.15. The molecule has 1 heterocycles. The molecule has 0 aliphatic heterocycles. The van der Waals surface area contributed by atoms with Crippen molar-refractivity contribution >= 4 is 17.7 Å². The van der Waals surface area contributed by atoms with Crippen LogP contribution in [0.5, 0.6) is 0 Å². The first kappa shape index (κ1) is 20.1. The first-order valence-electron chi connectivity index (χ1n) is 9.21. The van der Waals surface area contributed by atoms with Gasteiger partial charge in [0.1, 0.15) is 0 Å². The Hall–Kier alpha value is -2.60. The Balaban J connectivity index is 1.67. The van der Waals surface area contributed by atoms with Crippen LogP contribution in [0.25, 0.3) is 0 Å². The fourth-order valence-electron chi connectivity index (χ4n) is 2.88. The summed E-state index contributed by atoms with van der Waals surface area (Å²) in [6.45, 7) is 8.70. The van der Waals surface area contributed by atoms with E-state index in [0.717, 1.165) is 4.90 Å². The highest BCUT2D eigenvalue weighted by molar-refractivity contribution is 7.98. The lowest BCUT2D eigenvalue weighted by molar-refractivity contribution is 0.0942. The summed E-state index contributed by atoms with van der Waals surface area (Å²) in [6, 6.07) is 16.0. The SMILES string of the molecule is Cc1cccc(C(C)(C)CNC(=O)c2ccccc2SCc2nc(C)no2)c1. The highest BCUT2D eigenvalue weighted by Crippen LogP contribution is 2.27. The Labute approximate surface area is 169 Å². The number of thioether (sulfide) groups is 1. The molecule has 0 atom stereocenters. The van der Waals surface area contributed by atoms with Gasteiger partial charge >= 0.3 is 0 Å². The van der Waals surface area contributed by atoms with Crippen molar-refractivity contribution in [2.45, 2.75) is 43.8 Å². The summed E-state index contributed by atoms with van der Waals surface area (Å²) in [5.74, 6) is 1.61. The topological polar surface area (TPSA) is 68.0 Å². The highest BCUT2D eigenvalue weighted by atomic mass is 32.2. The zero-order valence-corrected chi connectivity index (χ0v) is 17.5. The molecule has 0 bridgehead atoms. The van der Waals surface area contributed by atoms with Gasteiger partial charge in [0.25, 0.3) is 5.91 Å². The standard InChI is InChI=1S/C22H25N3O2S/c1-15-8-7-9-17(12-15)22(3,4)14-23-21(26)18-10-5-6-11-19(18)28-13-20-24-16(2)25-27-20/h5-12H,13-14H2,1-4H3,(H,23,26). The minimum atomic E-state index is -0.162. The van der Waals surface area contributed by atoms with Crippen molar-refractivity contribution in [3.05, 3.63) is 76.9 Å². The normalized spacial score (nSPS) is 11.4. The number of aryl methyl sites for hydroxylation is 2. The summed E-state index contributed by atoms with van der Waals surface area (Å²) in [6.07, 6.45) is 0. The van der Waals surface area contributed by atoms with E-state index in [0.29, 0.717) is 29.6 Å². The molecule has 1 amide bonds. The van der Waals surface area contributed by atoms with Crippen LogP contribution in [0, 0.1) is 13.8 Å². The van der Waals surface area contributed by atoms with Gasteiger partial charge in [-0.25, -0.2) is 0 Å². The molecule has 0 saturated carbocycles. The van der Waals surface area contributed by atoms with Crippen LogP contribution in [0.2, 0.25) is 0 Å². The van der Waals surface area contributed by atoms with Gasteiger partial charge in [-0.1, -0.05) is 61.0 Å². The minimum absolute atomic E-state index is 0.0782. The van der Waals surface area contributed by atoms with Gasteiger partial charge in [-0.2, -0.15) is 4.98 Å². The van der Waals surface area contributed by atoms with E-state index in [1.807, 2.05) is 24.3 Å². The first-order valence-corrected chi connectivity index (χ1v) is 10.2. The quantitative estimate of drug-likeness (QED) is 0.588. The molecule has 0 aliphatic rings. The number of nitrogens with zero attached hydrogens (tertiary/aromatic N) is 2. The fourth-order valence-corrected chi connectivity index (χ4v) is 3.77. The van der Waals surface area contributed by atoms with E-state index < -0.39 is 0 Å². The predicted molar refractivity (Wildman–Crippen MR) is 112 cm³/mol. The van der Waals surface area contributed by atoms with E-state index in [1.54, 1.807) is 6.92 Å². The van der Waals surface area contributed by atoms with E-state index in [-0.39, 0.29) is 11.3 Å². The van der Waals surface area contributed by atoms with E-state index in [1.165, 1.54) is 22.9 Å². The fraction of sp³-hybridized carbons (Fsp3) is 0.318. The van der Waals surface area contributed by atoms with Crippen molar-refractivity contribution in [1.29, 1.82) is 0 Å². The molecule has 6 heteroatoms. The number of carbonyl (C=O) groups excluding carboxylic acids is 1. The monoisotopic (exact) mass is 395 g/mol. The van der Waals surface area contributed by atoms with Gasteiger partial charge in [0, 0.05) is 16.9 Å². The van der Waals surface area contributed by atoms with E-state index >= 15 is 0 Å². The number of hydrogen-bond acceptors (Lipinski definition) is 5. The molecule has 2 aromatic carbocycles. The lowest BCUT2D eigenvalue weighted by Crippen LogP contribution is -2.36. The van der Waals surface area contributed by atoms with Crippen LogP contribution in [0.1, 0.15) is 47.0 Å². The molecular weight excluding hydrogens is 370 g/mol. The Bertz CT molecular complexity index is 966. The third-order valence-electron chi connectivity index (χ3n) is 4.54. The Morgan fingerprint density at radius 2 is 1.93 bits per heavy atom. The van der Waals surface area contributed by atoms with Crippen molar-refractivity contribution in [1.82, 2.24) is 15.5 Å². The van der Waals surface area contributed by atoms with Crippen LogP contribution in [0.3, 0.4) is 0 Å². The van der Waals surface area contributed by atoms with Gasteiger partial charge in [-0.05, 0) is 31.5 Å². The molecule has 0 saturated heterocycles. The second kappa shape index (κ2) is 8.61. The van der Waals surface area contributed by atoms with Crippen LogP contribution in [-0.2, 0) is 11.2 Å². The summed E-state index contributed by atoms with van der Waals surface area (Å²) >= 11 is 1.52. The second-order valence-corrected chi connectivity index (χ2v) is 8.47. The Morgan fingerprint density at radius 3 is 2.64 bits per heavy atom. The number of benzene rings is 2. The van der Waals surface area contributed by atoms with E-state index in [4.69, 9.17) is 4.52 Å². The van der Waals surface area contributed by atoms with E-state index in [9.17, 15) is 4.79 Å². The lowest BCUT2D eigenvalue weighted by Gasteiger charge is -2.26. The molecule has 28 heavy (non-hydrogen) atoms. The minimum Gasteiger partial charge on any atom is -0.351 e. The largest absolute Gasteiger partial charge is 0.351 e. The van der Waals surface area contributed by atoms with Crippen LogP contribution in [0.15, 0.2) is 57.9 Å². The maximum Gasteiger partial charge on any atom is 0.252 e. The number of nitrogens with one attached hydrogen (secondary N) is 1. The second-order valence-electron chi connectivity index (χ2n) is 7.46. The van der Waals surface area contributed by atoms with Crippen molar-refractivity contribution in [3.63, 3.8) is 0 Å². The zero-order valence-electron chi connectivity index (χ0n) is 16.7. The average molecular weight is 396 g/mol. The number of rotatable bonds is 7. The predicted octanol–water partition coefficient (Wildman–Crippen LogP) is 4.69. The molecule has 0 fully saturated rings. The van der Waals surface area contributed by atoms with Gasteiger partial charge < -0.3 is 9.84 Å². The summed E-state index contributed by atoms with van der Waals surface area (Å²) in [5, 5.41) is 6.90. The van der Waals surface area contributed by atoms with Crippen molar-refractivity contribution < 1.29 is 9.32 Å². The molecule has 5 nitrogen and oxygen atoms in total. The summed E-state index contributed by atoms with van der Waals surface area (Å²) in [4.78, 5) is 18.0. The average Bonchev–Trinajstić information content (AvgIpc) is 3.10. The molecular formula is C22H25N3O2S. The zero-order chi connectivity index (χ0) is 20.1. The molecule has 3 rings (SSSR count). The third kappa shape index (κ3) is 5.01. The highest BCUT2D eigenvalue weighted by Gasteiger charge is 2.22. The van der Waals surface area contributed by atoms with Crippen LogP contribution in [-0.4, -0.2) is 22.6 Å². The lowest BCUT2D eigenvalue weighted by atomic mass is 9.84. The van der Waals surface area contributed by atoms with Crippen molar-refractivity contribution in [2.75, 3.05) is 6.54 Å². The maximum atomic E-state index is 12.9. The van der Waals surface area contributed by atoms with E-state index in [2.05, 4.69) is 60.5 Å². The molecule has 1 N–H and O–H groups in total. The molecule has 0 radical (unpaired) electrons. The number of hydrogen-bond donors (Lipinski definition) is 1.